The molecule has 5 heteroatoms. The van der Waals surface area contributed by atoms with E-state index in [1.807, 2.05) is 19.1 Å². The molecule has 1 aliphatic carbocycles. The van der Waals surface area contributed by atoms with Crippen LogP contribution in [0.3, 0.4) is 0 Å². The number of aryl methyl sites for hydroxylation is 1. The van der Waals surface area contributed by atoms with Crippen molar-refractivity contribution in [2.24, 2.45) is 0 Å². The Morgan fingerprint density at radius 2 is 2.24 bits per heavy atom. The van der Waals surface area contributed by atoms with Crippen molar-refractivity contribution in [1.29, 1.82) is 0 Å². The van der Waals surface area contributed by atoms with Crippen LogP contribution in [0.25, 0.3) is 0 Å². The molecule has 1 aliphatic heterocycles. The minimum absolute atomic E-state index is 0.0380. The van der Waals surface area contributed by atoms with E-state index >= 15 is 0 Å². The smallest absolute Gasteiger partial charge is 0.245 e. The quantitative estimate of drug-likeness (QED) is 0.848. The summed E-state index contributed by atoms with van der Waals surface area (Å²) in [4.78, 5) is 25.3. The average Bonchev–Trinajstić information content (AvgIpc) is 3.31. The Morgan fingerprint density at radius 3 is 2.90 bits per heavy atom. The third-order valence-electron chi connectivity index (χ3n) is 4.02. The second kappa shape index (κ2) is 5.85. The highest BCUT2D eigenvalue weighted by Gasteiger charge is 2.33. The van der Waals surface area contributed by atoms with Crippen molar-refractivity contribution in [3.05, 3.63) is 29.3 Å². The number of morpholine rings is 1. The highest BCUT2D eigenvalue weighted by molar-refractivity contribution is 5.87. The molecule has 1 saturated heterocycles. The first-order chi connectivity index (χ1) is 10.2. The SMILES string of the molecule is Cc1cc(C=O)ccc1N1CCOCC1C(=O)NC1CC1. The van der Waals surface area contributed by atoms with E-state index in [0.717, 1.165) is 30.4 Å². The Balaban J connectivity index is 1.82. The van der Waals surface area contributed by atoms with Crippen molar-refractivity contribution >= 4 is 17.9 Å². The van der Waals surface area contributed by atoms with Crippen molar-refractivity contribution in [3.8, 4) is 0 Å². The van der Waals surface area contributed by atoms with Crippen molar-refractivity contribution < 1.29 is 14.3 Å². The van der Waals surface area contributed by atoms with Gasteiger partial charge in [-0.05, 0) is 43.5 Å². The summed E-state index contributed by atoms with van der Waals surface area (Å²) < 4.78 is 5.48. The summed E-state index contributed by atoms with van der Waals surface area (Å²) in [6, 6.07) is 5.62. The zero-order chi connectivity index (χ0) is 14.8. The topological polar surface area (TPSA) is 58.6 Å². The number of hydrogen-bond donors (Lipinski definition) is 1. The molecule has 21 heavy (non-hydrogen) atoms. The average molecular weight is 288 g/mol. The van der Waals surface area contributed by atoms with Crippen LogP contribution < -0.4 is 10.2 Å². The molecule has 1 aromatic carbocycles. The van der Waals surface area contributed by atoms with Gasteiger partial charge in [-0.25, -0.2) is 0 Å². The minimum atomic E-state index is -0.292. The molecule has 2 fully saturated rings. The summed E-state index contributed by atoms with van der Waals surface area (Å²) in [5.41, 5.74) is 2.66. The van der Waals surface area contributed by atoms with Gasteiger partial charge in [0.05, 0.1) is 13.2 Å². The zero-order valence-electron chi connectivity index (χ0n) is 12.2. The Morgan fingerprint density at radius 1 is 1.43 bits per heavy atom. The lowest BCUT2D eigenvalue weighted by Crippen LogP contribution is -2.54. The van der Waals surface area contributed by atoms with Crippen LogP contribution in [0, 0.1) is 6.92 Å². The number of aldehydes is 1. The van der Waals surface area contributed by atoms with E-state index in [-0.39, 0.29) is 11.9 Å². The second-order valence-corrected chi connectivity index (χ2v) is 5.73. The van der Waals surface area contributed by atoms with Crippen LogP contribution in [-0.4, -0.2) is 44.0 Å². The van der Waals surface area contributed by atoms with Gasteiger partial charge in [0.1, 0.15) is 12.3 Å². The number of nitrogens with zero attached hydrogens (tertiary/aromatic N) is 1. The first-order valence-corrected chi connectivity index (χ1v) is 7.39. The van der Waals surface area contributed by atoms with Crippen LogP contribution in [0.2, 0.25) is 0 Å². The number of carbonyl (C=O) groups is 2. The molecular formula is C16H20N2O3. The lowest BCUT2D eigenvalue weighted by atomic mass is 10.1. The highest BCUT2D eigenvalue weighted by Crippen LogP contribution is 2.26. The molecule has 112 valence electrons. The van der Waals surface area contributed by atoms with Crippen molar-refractivity contribution in [2.45, 2.75) is 31.8 Å². The monoisotopic (exact) mass is 288 g/mol. The Bertz CT molecular complexity index is 554. The summed E-state index contributed by atoms with van der Waals surface area (Å²) >= 11 is 0. The van der Waals surface area contributed by atoms with E-state index in [1.165, 1.54) is 0 Å². The molecule has 1 heterocycles. The number of ether oxygens (including phenoxy) is 1. The number of anilines is 1. The predicted octanol–water partition coefficient (Wildman–Crippen LogP) is 1.29. The summed E-state index contributed by atoms with van der Waals surface area (Å²) in [6.07, 6.45) is 2.99. The number of nitrogens with one attached hydrogen (secondary N) is 1. The van der Waals surface area contributed by atoms with Gasteiger partial charge in [0, 0.05) is 23.8 Å². The van der Waals surface area contributed by atoms with Gasteiger partial charge in [0.15, 0.2) is 0 Å². The van der Waals surface area contributed by atoms with E-state index in [0.29, 0.717) is 31.4 Å². The van der Waals surface area contributed by atoms with Gasteiger partial charge in [0.2, 0.25) is 5.91 Å². The van der Waals surface area contributed by atoms with Crippen LogP contribution in [0.15, 0.2) is 18.2 Å². The van der Waals surface area contributed by atoms with E-state index < -0.39 is 0 Å². The number of carbonyl (C=O) groups excluding carboxylic acids is 2. The number of benzene rings is 1. The lowest BCUT2D eigenvalue weighted by Gasteiger charge is -2.37. The first-order valence-electron chi connectivity index (χ1n) is 7.39. The molecule has 1 amide bonds. The molecule has 3 rings (SSSR count). The number of rotatable bonds is 4. The van der Waals surface area contributed by atoms with Crippen LogP contribution in [0.4, 0.5) is 5.69 Å². The van der Waals surface area contributed by atoms with Gasteiger partial charge in [-0.1, -0.05) is 0 Å². The van der Waals surface area contributed by atoms with E-state index in [4.69, 9.17) is 4.74 Å². The molecule has 1 aromatic rings. The van der Waals surface area contributed by atoms with E-state index in [9.17, 15) is 9.59 Å². The van der Waals surface area contributed by atoms with Crippen LogP contribution in [0.5, 0.6) is 0 Å². The molecule has 5 nitrogen and oxygen atoms in total. The molecule has 1 unspecified atom stereocenters. The summed E-state index contributed by atoms with van der Waals surface area (Å²) in [5, 5.41) is 3.05. The maximum absolute atomic E-state index is 12.4. The standard InChI is InChI=1S/C16H20N2O3/c1-11-8-12(9-19)2-5-14(11)18-6-7-21-10-15(18)16(20)17-13-3-4-13/h2,5,8-9,13,15H,3-4,6-7,10H2,1H3,(H,17,20). The van der Waals surface area contributed by atoms with Gasteiger partial charge >= 0.3 is 0 Å². The second-order valence-electron chi connectivity index (χ2n) is 5.73. The third-order valence-corrected chi connectivity index (χ3v) is 4.02. The molecule has 0 aromatic heterocycles. The fraction of sp³-hybridized carbons (Fsp3) is 0.500. The minimum Gasteiger partial charge on any atom is -0.377 e. The Hall–Kier alpha value is -1.88. The normalized spacial score (nSPS) is 22.0. The Labute approximate surface area is 124 Å². The molecule has 1 atom stereocenters. The highest BCUT2D eigenvalue weighted by atomic mass is 16.5. The van der Waals surface area contributed by atoms with Crippen molar-refractivity contribution in [3.63, 3.8) is 0 Å². The van der Waals surface area contributed by atoms with Gasteiger partial charge in [-0.2, -0.15) is 0 Å². The molecule has 1 saturated carbocycles. The lowest BCUT2D eigenvalue weighted by molar-refractivity contribution is -0.124. The summed E-state index contributed by atoms with van der Waals surface area (Å²) in [5.74, 6) is 0.0380. The number of amides is 1. The Kier molecular flexibility index (Phi) is 3.92. The summed E-state index contributed by atoms with van der Waals surface area (Å²) in [7, 11) is 0. The molecule has 2 aliphatic rings. The molecule has 0 bridgehead atoms. The number of hydrogen-bond acceptors (Lipinski definition) is 4. The molecule has 1 N–H and O–H groups in total. The third kappa shape index (κ3) is 3.08. The fourth-order valence-electron chi connectivity index (χ4n) is 2.71. The van der Waals surface area contributed by atoms with Crippen molar-refractivity contribution in [2.75, 3.05) is 24.7 Å². The zero-order valence-corrected chi connectivity index (χ0v) is 12.2. The summed E-state index contributed by atoms with van der Waals surface area (Å²) in [6.45, 7) is 3.67. The fourth-order valence-corrected chi connectivity index (χ4v) is 2.71. The molecule has 0 radical (unpaired) electrons. The van der Waals surface area contributed by atoms with Crippen LogP contribution in [-0.2, 0) is 9.53 Å². The van der Waals surface area contributed by atoms with E-state index in [2.05, 4.69) is 10.2 Å². The van der Waals surface area contributed by atoms with Gasteiger partial charge in [-0.15, -0.1) is 0 Å². The first kappa shape index (κ1) is 14.1. The van der Waals surface area contributed by atoms with Gasteiger partial charge in [-0.3, -0.25) is 9.59 Å². The maximum Gasteiger partial charge on any atom is 0.245 e. The maximum atomic E-state index is 12.4. The van der Waals surface area contributed by atoms with Gasteiger partial charge in [0.25, 0.3) is 0 Å². The van der Waals surface area contributed by atoms with Crippen LogP contribution in [0.1, 0.15) is 28.8 Å². The van der Waals surface area contributed by atoms with Crippen molar-refractivity contribution in [1.82, 2.24) is 5.32 Å². The van der Waals surface area contributed by atoms with Gasteiger partial charge < -0.3 is 15.0 Å². The molecular weight excluding hydrogens is 268 g/mol. The van der Waals surface area contributed by atoms with E-state index in [1.54, 1.807) is 6.07 Å². The molecule has 0 spiro atoms. The van der Waals surface area contributed by atoms with Crippen LogP contribution >= 0.6 is 0 Å². The largest absolute Gasteiger partial charge is 0.377 e. The predicted molar refractivity (Wildman–Crippen MR) is 79.7 cm³/mol.